The molecule has 5 heteroatoms. The minimum Gasteiger partial charge on any atom is -0.332 e. The van der Waals surface area contributed by atoms with Crippen molar-refractivity contribution in [1.29, 1.82) is 0 Å². The maximum atomic E-state index is 13.0. The number of halogens is 1. The summed E-state index contributed by atoms with van der Waals surface area (Å²) in [7, 11) is 0. The van der Waals surface area contributed by atoms with E-state index in [0.717, 1.165) is 21.3 Å². The average molecular weight is 425 g/mol. The number of amides is 1. The predicted octanol–water partition coefficient (Wildman–Crippen LogP) is 5.09. The first-order valence-electron chi connectivity index (χ1n) is 8.11. The Labute approximate surface area is 166 Å². The van der Waals surface area contributed by atoms with Gasteiger partial charge in [-0.1, -0.05) is 82.7 Å². The van der Waals surface area contributed by atoms with Gasteiger partial charge in [0.1, 0.15) is 0 Å². The summed E-state index contributed by atoms with van der Waals surface area (Å²) >= 11 is 8.73. The number of anilines is 1. The van der Waals surface area contributed by atoms with Crippen molar-refractivity contribution in [1.82, 2.24) is 5.32 Å². The predicted molar refractivity (Wildman–Crippen MR) is 113 cm³/mol. The first-order valence-corrected chi connectivity index (χ1v) is 9.31. The molecule has 0 aromatic heterocycles. The van der Waals surface area contributed by atoms with Gasteiger partial charge in [-0.05, 0) is 41.5 Å². The maximum Gasteiger partial charge on any atom is 0.238 e. The number of hydrogen-bond donors (Lipinski definition) is 2. The normalized spacial score (nSPS) is 10.4. The van der Waals surface area contributed by atoms with Gasteiger partial charge in [-0.2, -0.15) is 0 Å². The molecule has 0 aliphatic rings. The summed E-state index contributed by atoms with van der Waals surface area (Å²) in [4.78, 5) is 13.0. The number of rotatable bonds is 4. The van der Waals surface area contributed by atoms with Crippen molar-refractivity contribution in [2.24, 2.45) is 0 Å². The standard InChI is InChI=1S/C21H17BrN2OS/c22-17-12-7-13-18(14-17)23-21(26)24-20(25)19(15-8-3-1-4-9-15)16-10-5-2-6-11-16/h1-14,19H,(H2,23,24,25,26). The highest BCUT2D eigenvalue weighted by Crippen LogP contribution is 2.24. The first-order chi connectivity index (χ1) is 12.6. The molecule has 0 fully saturated rings. The Hall–Kier alpha value is -2.50. The molecule has 3 rings (SSSR count). The monoisotopic (exact) mass is 424 g/mol. The lowest BCUT2D eigenvalue weighted by Gasteiger charge is -2.18. The lowest BCUT2D eigenvalue weighted by atomic mass is 9.90. The van der Waals surface area contributed by atoms with Gasteiger partial charge < -0.3 is 10.6 Å². The molecule has 0 heterocycles. The molecule has 3 aromatic carbocycles. The van der Waals surface area contributed by atoms with Crippen LogP contribution in [-0.4, -0.2) is 11.0 Å². The van der Waals surface area contributed by atoms with Gasteiger partial charge >= 0.3 is 0 Å². The van der Waals surface area contributed by atoms with Gasteiger partial charge in [0.25, 0.3) is 0 Å². The molecule has 0 spiro atoms. The SMILES string of the molecule is O=C(NC(=S)Nc1cccc(Br)c1)C(c1ccccc1)c1ccccc1. The molecule has 0 aliphatic carbocycles. The third-order valence-corrected chi connectivity index (χ3v) is 4.54. The molecule has 0 saturated heterocycles. The van der Waals surface area contributed by atoms with E-state index in [-0.39, 0.29) is 11.0 Å². The van der Waals surface area contributed by atoms with Crippen molar-refractivity contribution in [3.05, 3.63) is 101 Å². The van der Waals surface area contributed by atoms with Crippen LogP contribution in [0.4, 0.5) is 5.69 Å². The Bertz CT molecular complexity index is 861. The van der Waals surface area contributed by atoms with Crippen LogP contribution in [0.1, 0.15) is 17.0 Å². The Kier molecular flexibility index (Phi) is 6.15. The van der Waals surface area contributed by atoms with E-state index in [1.165, 1.54) is 0 Å². The van der Waals surface area contributed by atoms with Gasteiger partial charge in [0, 0.05) is 10.2 Å². The summed E-state index contributed by atoms with van der Waals surface area (Å²) in [5, 5.41) is 6.12. The zero-order valence-corrected chi connectivity index (χ0v) is 16.3. The minimum atomic E-state index is -0.431. The number of carbonyl (C=O) groups excluding carboxylic acids is 1. The molecule has 3 aromatic rings. The molecular weight excluding hydrogens is 408 g/mol. The van der Waals surface area contributed by atoms with E-state index >= 15 is 0 Å². The molecule has 2 N–H and O–H groups in total. The maximum absolute atomic E-state index is 13.0. The van der Waals surface area contributed by atoms with Crippen LogP contribution in [0.2, 0.25) is 0 Å². The Morgan fingerprint density at radius 1 is 0.846 bits per heavy atom. The van der Waals surface area contributed by atoms with Crippen molar-refractivity contribution in [3.63, 3.8) is 0 Å². The first kappa shape index (κ1) is 18.3. The van der Waals surface area contributed by atoms with E-state index in [0.29, 0.717) is 0 Å². The Morgan fingerprint density at radius 3 is 1.96 bits per heavy atom. The summed E-state index contributed by atoms with van der Waals surface area (Å²) < 4.78 is 0.933. The molecule has 0 aliphatic heterocycles. The summed E-state index contributed by atoms with van der Waals surface area (Å²) in [5.74, 6) is -0.602. The fourth-order valence-electron chi connectivity index (χ4n) is 2.70. The lowest BCUT2D eigenvalue weighted by molar-refractivity contribution is -0.120. The fraction of sp³-hybridized carbons (Fsp3) is 0.0476. The lowest BCUT2D eigenvalue weighted by Crippen LogP contribution is -2.37. The van der Waals surface area contributed by atoms with Crippen LogP contribution in [0.5, 0.6) is 0 Å². The highest BCUT2D eigenvalue weighted by atomic mass is 79.9. The molecule has 130 valence electrons. The smallest absolute Gasteiger partial charge is 0.238 e. The molecular formula is C21H17BrN2OS. The van der Waals surface area contributed by atoms with Crippen molar-refractivity contribution < 1.29 is 4.79 Å². The molecule has 0 bridgehead atoms. The highest BCUT2D eigenvalue weighted by molar-refractivity contribution is 9.10. The van der Waals surface area contributed by atoms with Crippen molar-refractivity contribution >= 4 is 44.9 Å². The van der Waals surface area contributed by atoms with Crippen LogP contribution in [0.25, 0.3) is 0 Å². The van der Waals surface area contributed by atoms with Crippen molar-refractivity contribution in [2.45, 2.75) is 5.92 Å². The topological polar surface area (TPSA) is 41.1 Å². The zero-order valence-electron chi connectivity index (χ0n) is 13.9. The number of benzene rings is 3. The van der Waals surface area contributed by atoms with E-state index in [1.807, 2.05) is 84.9 Å². The Morgan fingerprint density at radius 2 is 1.42 bits per heavy atom. The molecule has 3 nitrogen and oxygen atoms in total. The fourth-order valence-corrected chi connectivity index (χ4v) is 3.32. The van der Waals surface area contributed by atoms with Gasteiger partial charge in [-0.15, -0.1) is 0 Å². The highest BCUT2D eigenvalue weighted by Gasteiger charge is 2.23. The van der Waals surface area contributed by atoms with Gasteiger partial charge in [0.15, 0.2) is 5.11 Å². The molecule has 0 saturated carbocycles. The third kappa shape index (κ3) is 4.77. The second-order valence-corrected chi connectivity index (χ2v) is 7.03. The second-order valence-electron chi connectivity index (χ2n) is 5.71. The van der Waals surface area contributed by atoms with E-state index < -0.39 is 5.92 Å². The Balaban J connectivity index is 1.79. The molecule has 0 atom stereocenters. The van der Waals surface area contributed by atoms with Gasteiger partial charge in [-0.3, -0.25) is 4.79 Å². The largest absolute Gasteiger partial charge is 0.332 e. The number of carbonyl (C=O) groups is 1. The molecule has 1 amide bonds. The van der Waals surface area contributed by atoms with Gasteiger partial charge in [0.05, 0.1) is 5.92 Å². The number of nitrogens with one attached hydrogen (secondary N) is 2. The number of thiocarbonyl (C=S) groups is 1. The second kappa shape index (κ2) is 8.74. The van der Waals surface area contributed by atoms with E-state index in [9.17, 15) is 4.79 Å². The van der Waals surface area contributed by atoms with Crippen LogP contribution >= 0.6 is 28.1 Å². The minimum absolute atomic E-state index is 0.171. The van der Waals surface area contributed by atoms with Crippen molar-refractivity contribution in [3.8, 4) is 0 Å². The third-order valence-electron chi connectivity index (χ3n) is 3.85. The molecule has 0 radical (unpaired) electrons. The van der Waals surface area contributed by atoms with E-state index in [4.69, 9.17) is 12.2 Å². The number of hydrogen-bond acceptors (Lipinski definition) is 2. The van der Waals surface area contributed by atoms with Crippen molar-refractivity contribution in [2.75, 3.05) is 5.32 Å². The van der Waals surface area contributed by atoms with E-state index in [1.54, 1.807) is 0 Å². The average Bonchev–Trinajstić information content (AvgIpc) is 2.63. The molecule has 0 unspecified atom stereocenters. The van der Waals surface area contributed by atoms with Crippen LogP contribution in [0.3, 0.4) is 0 Å². The van der Waals surface area contributed by atoms with Crippen LogP contribution < -0.4 is 10.6 Å². The summed E-state index contributed by atoms with van der Waals surface area (Å²) in [5.41, 5.74) is 2.64. The van der Waals surface area contributed by atoms with Crippen LogP contribution in [-0.2, 0) is 4.79 Å². The zero-order chi connectivity index (χ0) is 18.4. The van der Waals surface area contributed by atoms with Gasteiger partial charge in [-0.25, -0.2) is 0 Å². The quantitative estimate of drug-likeness (QED) is 0.572. The van der Waals surface area contributed by atoms with Crippen LogP contribution in [0.15, 0.2) is 89.4 Å². The molecule has 26 heavy (non-hydrogen) atoms. The summed E-state index contributed by atoms with van der Waals surface area (Å²) in [6, 6.07) is 27.0. The summed E-state index contributed by atoms with van der Waals surface area (Å²) in [6.45, 7) is 0. The van der Waals surface area contributed by atoms with Crippen LogP contribution in [0, 0.1) is 0 Å². The summed E-state index contributed by atoms with van der Waals surface area (Å²) in [6.07, 6.45) is 0. The van der Waals surface area contributed by atoms with E-state index in [2.05, 4.69) is 26.6 Å². The van der Waals surface area contributed by atoms with Gasteiger partial charge in [0.2, 0.25) is 5.91 Å².